The monoisotopic (exact) mass is 436 g/mol. The van der Waals surface area contributed by atoms with Crippen molar-refractivity contribution in [1.29, 1.82) is 0 Å². The number of fused-ring (bicyclic) bond motifs is 1. The standard InChI is InChI=1S/C22H21FN6O3/c23-16-4-6-17(7-5-16)31-14-20-24-22(26-32-20)15-3-8-19-18(13-15)25-27-29(19)12-9-21(30)28-10-1-2-11-28/h3-8,13H,1-2,9-12,14H2. The number of ether oxygens (including phenoxy) is 1. The number of hydrogen-bond acceptors (Lipinski definition) is 7. The summed E-state index contributed by atoms with van der Waals surface area (Å²) in [4.78, 5) is 18.5. The predicted molar refractivity (Wildman–Crippen MR) is 112 cm³/mol. The molecule has 0 spiro atoms. The fourth-order valence-electron chi connectivity index (χ4n) is 3.71. The van der Waals surface area contributed by atoms with Crippen LogP contribution in [0.2, 0.25) is 0 Å². The number of hydrogen-bond donors (Lipinski definition) is 0. The molecule has 1 aliphatic rings. The minimum absolute atomic E-state index is 0.0715. The van der Waals surface area contributed by atoms with Crippen molar-refractivity contribution in [3.8, 4) is 17.1 Å². The van der Waals surface area contributed by atoms with E-state index in [1.807, 2.05) is 23.1 Å². The lowest BCUT2D eigenvalue weighted by atomic mass is 10.2. The maximum Gasteiger partial charge on any atom is 0.264 e. The molecule has 0 atom stereocenters. The zero-order valence-corrected chi connectivity index (χ0v) is 17.3. The van der Waals surface area contributed by atoms with Crippen LogP contribution in [0.1, 0.15) is 25.2 Å². The van der Waals surface area contributed by atoms with Crippen LogP contribution >= 0.6 is 0 Å². The molecule has 9 nitrogen and oxygen atoms in total. The summed E-state index contributed by atoms with van der Waals surface area (Å²) in [7, 11) is 0. The quantitative estimate of drug-likeness (QED) is 0.439. The average molecular weight is 436 g/mol. The van der Waals surface area contributed by atoms with Gasteiger partial charge in [-0.15, -0.1) is 5.10 Å². The molecule has 3 heterocycles. The molecular formula is C22H21FN6O3. The molecule has 5 rings (SSSR count). The summed E-state index contributed by atoms with van der Waals surface area (Å²) in [6.45, 7) is 2.25. The van der Waals surface area contributed by atoms with Gasteiger partial charge in [0.15, 0.2) is 6.61 Å². The van der Waals surface area contributed by atoms with Gasteiger partial charge in [0.2, 0.25) is 11.7 Å². The highest BCUT2D eigenvalue weighted by atomic mass is 19.1. The number of benzene rings is 2. The molecule has 1 saturated heterocycles. The average Bonchev–Trinajstić information content (AvgIpc) is 3.58. The van der Waals surface area contributed by atoms with Gasteiger partial charge in [0.25, 0.3) is 5.89 Å². The number of nitrogens with zero attached hydrogens (tertiary/aromatic N) is 6. The van der Waals surface area contributed by atoms with Crippen molar-refractivity contribution in [2.45, 2.75) is 32.4 Å². The Morgan fingerprint density at radius 1 is 1.12 bits per heavy atom. The predicted octanol–water partition coefficient (Wildman–Crippen LogP) is 3.21. The van der Waals surface area contributed by atoms with E-state index in [2.05, 4.69) is 20.5 Å². The molecule has 0 radical (unpaired) electrons. The van der Waals surface area contributed by atoms with E-state index in [-0.39, 0.29) is 18.3 Å². The number of carbonyl (C=O) groups excluding carboxylic acids is 1. The molecule has 0 unspecified atom stereocenters. The van der Waals surface area contributed by atoms with Crippen LogP contribution in [0.15, 0.2) is 47.0 Å². The molecule has 4 aromatic rings. The summed E-state index contributed by atoms with van der Waals surface area (Å²) < 4.78 is 25.5. The Kier molecular flexibility index (Phi) is 5.49. The molecule has 0 bridgehead atoms. The Morgan fingerprint density at radius 2 is 1.94 bits per heavy atom. The minimum Gasteiger partial charge on any atom is -0.484 e. The number of aromatic nitrogens is 5. The normalized spacial score (nSPS) is 13.7. The van der Waals surface area contributed by atoms with E-state index in [1.54, 1.807) is 4.68 Å². The van der Waals surface area contributed by atoms with Gasteiger partial charge >= 0.3 is 0 Å². The van der Waals surface area contributed by atoms with Gasteiger partial charge in [-0.2, -0.15) is 4.98 Å². The summed E-state index contributed by atoms with van der Waals surface area (Å²) in [5, 5.41) is 12.4. The van der Waals surface area contributed by atoms with Crippen LogP contribution in [-0.4, -0.2) is 49.0 Å². The molecule has 0 N–H and O–H groups in total. The van der Waals surface area contributed by atoms with Crippen molar-refractivity contribution in [2.24, 2.45) is 0 Å². The summed E-state index contributed by atoms with van der Waals surface area (Å²) in [5.74, 6) is 1.04. The van der Waals surface area contributed by atoms with E-state index < -0.39 is 0 Å². The summed E-state index contributed by atoms with van der Waals surface area (Å²) in [5.41, 5.74) is 2.26. The lowest BCUT2D eigenvalue weighted by Gasteiger charge is -2.14. The number of amides is 1. The van der Waals surface area contributed by atoms with Gasteiger partial charge in [-0.3, -0.25) is 4.79 Å². The van der Waals surface area contributed by atoms with E-state index in [1.165, 1.54) is 24.3 Å². The Bertz CT molecular complexity index is 1230. The molecule has 2 aromatic heterocycles. The number of aryl methyl sites for hydroxylation is 1. The molecule has 0 aliphatic carbocycles. The molecule has 1 amide bonds. The highest BCUT2D eigenvalue weighted by molar-refractivity contribution is 5.80. The van der Waals surface area contributed by atoms with Crippen LogP contribution in [-0.2, 0) is 17.9 Å². The van der Waals surface area contributed by atoms with Gasteiger partial charge in [-0.05, 0) is 55.3 Å². The van der Waals surface area contributed by atoms with E-state index in [4.69, 9.17) is 9.26 Å². The fraction of sp³-hybridized carbons (Fsp3) is 0.318. The number of rotatable bonds is 7. The van der Waals surface area contributed by atoms with Crippen molar-refractivity contribution in [3.63, 3.8) is 0 Å². The largest absolute Gasteiger partial charge is 0.484 e. The zero-order valence-electron chi connectivity index (χ0n) is 17.3. The van der Waals surface area contributed by atoms with Crippen LogP contribution in [0.25, 0.3) is 22.4 Å². The van der Waals surface area contributed by atoms with E-state index in [0.717, 1.165) is 37.0 Å². The fourth-order valence-corrected chi connectivity index (χ4v) is 3.71. The second kappa shape index (κ2) is 8.74. The third kappa shape index (κ3) is 4.29. The highest BCUT2D eigenvalue weighted by Gasteiger charge is 2.18. The molecular weight excluding hydrogens is 415 g/mol. The van der Waals surface area contributed by atoms with Crippen molar-refractivity contribution in [2.75, 3.05) is 13.1 Å². The van der Waals surface area contributed by atoms with Crippen LogP contribution < -0.4 is 4.74 Å². The highest BCUT2D eigenvalue weighted by Crippen LogP contribution is 2.22. The first-order valence-electron chi connectivity index (χ1n) is 10.5. The lowest BCUT2D eigenvalue weighted by Crippen LogP contribution is -2.28. The van der Waals surface area contributed by atoms with Crippen LogP contribution in [0.3, 0.4) is 0 Å². The Morgan fingerprint density at radius 3 is 2.75 bits per heavy atom. The van der Waals surface area contributed by atoms with Crippen molar-refractivity contribution in [1.82, 2.24) is 30.0 Å². The molecule has 32 heavy (non-hydrogen) atoms. The molecule has 1 fully saturated rings. The summed E-state index contributed by atoms with van der Waals surface area (Å²) >= 11 is 0. The first kappa shape index (κ1) is 20.1. The van der Waals surface area contributed by atoms with E-state index in [0.29, 0.717) is 35.9 Å². The van der Waals surface area contributed by atoms with Crippen molar-refractivity contribution >= 4 is 16.9 Å². The molecule has 10 heteroatoms. The third-order valence-corrected chi connectivity index (χ3v) is 5.41. The molecule has 2 aromatic carbocycles. The van der Waals surface area contributed by atoms with Crippen molar-refractivity contribution in [3.05, 3.63) is 54.2 Å². The molecule has 0 saturated carbocycles. The van der Waals surface area contributed by atoms with Gasteiger partial charge in [-0.1, -0.05) is 10.4 Å². The zero-order chi connectivity index (χ0) is 21.9. The third-order valence-electron chi connectivity index (χ3n) is 5.41. The Hall–Kier alpha value is -3.82. The van der Waals surface area contributed by atoms with Crippen molar-refractivity contribution < 1.29 is 18.4 Å². The number of carbonyl (C=O) groups is 1. The van der Waals surface area contributed by atoms with Gasteiger partial charge in [0.1, 0.15) is 17.1 Å². The first-order valence-corrected chi connectivity index (χ1v) is 10.5. The second-order valence-electron chi connectivity index (χ2n) is 7.61. The Balaban J connectivity index is 1.24. The van der Waals surface area contributed by atoms with E-state index in [9.17, 15) is 9.18 Å². The van der Waals surface area contributed by atoms with Gasteiger partial charge in [0, 0.05) is 25.1 Å². The van der Waals surface area contributed by atoms with Gasteiger partial charge in [-0.25, -0.2) is 9.07 Å². The first-order chi connectivity index (χ1) is 15.7. The summed E-state index contributed by atoms with van der Waals surface area (Å²) in [6, 6.07) is 11.3. The van der Waals surface area contributed by atoms with Gasteiger partial charge < -0.3 is 14.2 Å². The molecule has 164 valence electrons. The topological polar surface area (TPSA) is 99.2 Å². The number of likely N-dealkylation sites (tertiary alicyclic amines) is 1. The Labute approximate surface area is 182 Å². The van der Waals surface area contributed by atoms with Crippen LogP contribution in [0.4, 0.5) is 4.39 Å². The lowest BCUT2D eigenvalue weighted by molar-refractivity contribution is -0.130. The second-order valence-corrected chi connectivity index (χ2v) is 7.61. The maximum absolute atomic E-state index is 13.0. The molecule has 1 aliphatic heterocycles. The van der Waals surface area contributed by atoms with Crippen LogP contribution in [0, 0.1) is 5.82 Å². The van der Waals surface area contributed by atoms with Gasteiger partial charge in [0.05, 0.1) is 12.1 Å². The maximum atomic E-state index is 13.0. The minimum atomic E-state index is -0.331. The summed E-state index contributed by atoms with van der Waals surface area (Å²) in [6.07, 6.45) is 2.57. The number of halogens is 1. The van der Waals surface area contributed by atoms with Crippen LogP contribution in [0.5, 0.6) is 5.75 Å². The van der Waals surface area contributed by atoms with E-state index >= 15 is 0 Å². The SMILES string of the molecule is O=C(CCn1nnc2cc(-c3noc(COc4ccc(F)cc4)n3)ccc21)N1CCCC1. The smallest absolute Gasteiger partial charge is 0.264 e.